The van der Waals surface area contributed by atoms with Gasteiger partial charge in [0.05, 0.1) is 0 Å². The second-order valence-electron chi connectivity index (χ2n) is 12.7. The first kappa shape index (κ1) is 24.2. The molecule has 0 aliphatic heterocycles. The molecular weight excluding hydrogens is 326 g/mol. The first-order chi connectivity index (χ1) is 12.1. The Morgan fingerprint density at radius 2 is 1.33 bits per heavy atom. The largest absolute Gasteiger partial charge is 0.265 e. The second-order valence-corrected chi connectivity index (χ2v) is 12.7. The highest BCUT2D eigenvalue weighted by atomic mass is 14.6. The van der Waals surface area contributed by atoms with Crippen LogP contribution in [0, 0.1) is 27.6 Å². The lowest BCUT2D eigenvalue weighted by molar-refractivity contribution is 0.0944. The zero-order chi connectivity index (χ0) is 20.9. The number of hydrogen-bond acceptors (Lipinski definition) is 1. The average molecular weight is 374 g/mol. The van der Waals surface area contributed by atoms with Crippen molar-refractivity contribution in [2.45, 2.75) is 108 Å². The van der Waals surface area contributed by atoms with Crippen LogP contribution in [0.5, 0.6) is 0 Å². The van der Waals surface area contributed by atoms with Gasteiger partial charge in [0.15, 0.2) is 0 Å². The van der Waals surface area contributed by atoms with Crippen LogP contribution in [0.4, 0.5) is 0 Å². The summed E-state index contributed by atoms with van der Waals surface area (Å²) in [5, 5.41) is 0. The Morgan fingerprint density at radius 1 is 0.778 bits per heavy atom. The van der Waals surface area contributed by atoms with Crippen LogP contribution in [0.25, 0.3) is 0 Å². The van der Waals surface area contributed by atoms with E-state index < -0.39 is 0 Å². The molecule has 1 rings (SSSR count). The van der Waals surface area contributed by atoms with Crippen molar-refractivity contribution in [3.05, 3.63) is 30.1 Å². The maximum Gasteiger partial charge on any atom is 0.0270 e. The van der Waals surface area contributed by atoms with Gasteiger partial charge < -0.3 is 0 Å². The molecule has 1 atom stereocenters. The topological polar surface area (TPSA) is 12.9 Å². The Morgan fingerprint density at radius 3 is 1.81 bits per heavy atom. The first-order valence-electron chi connectivity index (χ1n) is 11.0. The fourth-order valence-electron chi connectivity index (χ4n) is 4.57. The van der Waals surface area contributed by atoms with Gasteiger partial charge in [-0.2, -0.15) is 0 Å². The Kier molecular flexibility index (Phi) is 8.15. The number of hydrogen-bond donors (Lipinski definition) is 0. The van der Waals surface area contributed by atoms with E-state index in [1.807, 2.05) is 12.4 Å². The van der Waals surface area contributed by atoms with Crippen LogP contribution in [0.3, 0.4) is 0 Å². The Hall–Kier alpha value is -0.850. The van der Waals surface area contributed by atoms with Crippen LogP contribution in [0.1, 0.15) is 107 Å². The van der Waals surface area contributed by atoms with Crippen LogP contribution in [0.2, 0.25) is 0 Å². The minimum absolute atomic E-state index is 0.347. The van der Waals surface area contributed by atoms with Crippen molar-refractivity contribution in [2.75, 3.05) is 0 Å². The predicted octanol–water partition coefficient (Wildman–Crippen LogP) is 8.34. The minimum atomic E-state index is 0.347. The van der Waals surface area contributed by atoms with Crippen LogP contribution < -0.4 is 0 Å². The van der Waals surface area contributed by atoms with E-state index in [4.69, 9.17) is 0 Å². The van der Waals surface area contributed by atoms with Crippen LogP contribution >= 0.6 is 0 Å². The van der Waals surface area contributed by atoms with Crippen molar-refractivity contribution >= 4 is 0 Å². The molecule has 1 aromatic heterocycles. The molecule has 0 fully saturated rings. The molecule has 1 unspecified atom stereocenters. The smallest absolute Gasteiger partial charge is 0.0270 e. The quantitative estimate of drug-likeness (QED) is 0.424. The molecule has 0 aliphatic carbocycles. The minimum Gasteiger partial charge on any atom is -0.265 e. The van der Waals surface area contributed by atoms with E-state index in [1.54, 1.807) is 0 Å². The number of aromatic nitrogens is 1. The summed E-state index contributed by atoms with van der Waals surface area (Å²) < 4.78 is 0. The van der Waals surface area contributed by atoms with Crippen molar-refractivity contribution in [1.82, 2.24) is 4.98 Å². The second kappa shape index (κ2) is 9.10. The van der Waals surface area contributed by atoms with Crippen molar-refractivity contribution in [2.24, 2.45) is 27.6 Å². The molecule has 27 heavy (non-hydrogen) atoms. The lowest BCUT2D eigenvalue weighted by Gasteiger charge is -2.42. The van der Waals surface area contributed by atoms with Gasteiger partial charge in [-0.25, -0.2) is 0 Å². The summed E-state index contributed by atoms with van der Waals surface area (Å²) >= 11 is 0. The van der Waals surface area contributed by atoms with Gasteiger partial charge in [0.25, 0.3) is 0 Å². The number of pyridine rings is 1. The SMILES string of the molecule is CC(C)(C)CCC(C)(C)CC(C)(C)CC(CCc1ccncc1)C(C)(C)C. The van der Waals surface area contributed by atoms with Crippen molar-refractivity contribution < 1.29 is 0 Å². The molecule has 0 aromatic carbocycles. The summed E-state index contributed by atoms with van der Waals surface area (Å²) in [6.07, 6.45) is 11.5. The van der Waals surface area contributed by atoms with E-state index >= 15 is 0 Å². The summed E-state index contributed by atoms with van der Waals surface area (Å²) in [6, 6.07) is 4.33. The maximum atomic E-state index is 4.16. The molecule has 0 radical (unpaired) electrons. The molecule has 1 heteroatoms. The Balaban J connectivity index is 2.74. The summed E-state index contributed by atoms with van der Waals surface area (Å²) in [4.78, 5) is 4.16. The first-order valence-corrected chi connectivity index (χ1v) is 11.0. The molecule has 0 amide bonds. The van der Waals surface area contributed by atoms with Gasteiger partial charge in [0, 0.05) is 12.4 Å². The van der Waals surface area contributed by atoms with Gasteiger partial charge in [-0.1, -0.05) is 69.2 Å². The van der Waals surface area contributed by atoms with E-state index in [1.165, 1.54) is 37.7 Å². The monoisotopic (exact) mass is 373 g/mol. The third kappa shape index (κ3) is 10.3. The fourth-order valence-corrected chi connectivity index (χ4v) is 4.57. The summed E-state index contributed by atoms with van der Waals surface area (Å²) in [5.41, 5.74) is 2.98. The summed E-state index contributed by atoms with van der Waals surface area (Å²) in [6.45, 7) is 24.3. The van der Waals surface area contributed by atoms with Gasteiger partial charge in [-0.3, -0.25) is 4.98 Å². The lowest BCUT2D eigenvalue weighted by atomic mass is 9.64. The maximum absolute atomic E-state index is 4.16. The molecule has 1 heterocycles. The van der Waals surface area contributed by atoms with Crippen molar-refractivity contribution in [3.63, 3.8) is 0 Å². The van der Waals surface area contributed by atoms with Crippen LogP contribution in [-0.4, -0.2) is 4.98 Å². The zero-order valence-electron chi connectivity index (χ0n) is 20.1. The average Bonchev–Trinajstić information content (AvgIpc) is 2.48. The van der Waals surface area contributed by atoms with Crippen LogP contribution in [0.15, 0.2) is 24.5 Å². The third-order valence-corrected chi connectivity index (χ3v) is 6.06. The molecule has 0 bridgehead atoms. The molecule has 0 aliphatic rings. The van der Waals surface area contributed by atoms with Gasteiger partial charge in [-0.05, 0) is 83.8 Å². The Labute approximate surface area is 170 Å². The van der Waals surface area contributed by atoms with E-state index in [-0.39, 0.29) is 0 Å². The highest BCUT2D eigenvalue weighted by molar-refractivity contribution is 5.09. The van der Waals surface area contributed by atoms with E-state index in [2.05, 4.69) is 86.4 Å². The van der Waals surface area contributed by atoms with Gasteiger partial charge >= 0.3 is 0 Å². The van der Waals surface area contributed by atoms with E-state index in [0.29, 0.717) is 21.7 Å². The summed E-state index contributed by atoms with van der Waals surface area (Å²) in [7, 11) is 0. The molecule has 0 spiro atoms. The molecule has 1 aromatic rings. The lowest BCUT2D eigenvalue weighted by Crippen LogP contribution is -2.31. The fraction of sp³-hybridized carbons (Fsp3) is 0.808. The van der Waals surface area contributed by atoms with Gasteiger partial charge in [0.1, 0.15) is 0 Å². The molecule has 156 valence electrons. The highest BCUT2D eigenvalue weighted by Crippen LogP contribution is 2.46. The summed E-state index contributed by atoms with van der Waals surface area (Å²) in [5.74, 6) is 0.735. The molecule has 1 nitrogen and oxygen atoms in total. The normalized spacial score (nSPS) is 15.0. The highest BCUT2D eigenvalue weighted by Gasteiger charge is 2.35. The van der Waals surface area contributed by atoms with Crippen LogP contribution in [-0.2, 0) is 6.42 Å². The Bertz CT molecular complexity index is 540. The van der Waals surface area contributed by atoms with E-state index in [9.17, 15) is 0 Å². The van der Waals surface area contributed by atoms with Crippen molar-refractivity contribution in [3.8, 4) is 0 Å². The zero-order valence-corrected chi connectivity index (χ0v) is 20.1. The van der Waals surface area contributed by atoms with E-state index in [0.717, 1.165) is 12.3 Å². The standard InChI is InChI=1S/C26H47N/c1-23(2,3)15-16-25(7,8)20-26(9,10)19-22(24(4,5)6)12-11-21-13-17-27-18-14-21/h13-14,17-18,22H,11-12,15-16,19-20H2,1-10H3. The molecule has 0 N–H and O–H groups in total. The number of rotatable bonds is 9. The molecule has 0 saturated heterocycles. The third-order valence-electron chi connectivity index (χ3n) is 6.06. The van der Waals surface area contributed by atoms with Gasteiger partial charge in [-0.15, -0.1) is 0 Å². The van der Waals surface area contributed by atoms with Crippen molar-refractivity contribution in [1.29, 1.82) is 0 Å². The van der Waals surface area contributed by atoms with Gasteiger partial charge in [0.2, 0.25) is 0 Å². The molecule has 0 saturated carbocycles. The number of aryl methyl sites for hydroxylation is 1. The predicted molar refractivity (Wildman–Crippen MR) is 121 cm³/mol. The number of nitrogens with zero attached hydrogens (tertiary/aromatic N) is 1. The molecular formula is C26H47N.